The summed E-state index contributed by atoms with van der Waals surface area (Å²) in [6.07, 6.45) is 1.27. The van der Waals surface area contributed by atoms with Gasteiger partial charge in [-0.2, -0.15) is 0 Å². The highest BCUT2D eigenvalue weighted by atomic mass is 32.2. The van der Waals surface area contributed by atoms with Crippen LogP contribution >= 0.6 is 0 Å². The van der Waals surface area contributed by atoms with Crippen molar-refractivity contribution in [3.8, 4) is 5.75 Å². The zero-order chi connectivity index (χ0) is 14.6. The van der Waals surface area contributed by atoms with Crippen LogP contribution in [-0.4, -0.2) is 38.5 Å². The van der Waals surface area contributed by atoms with E-state index < -0.39 is 9.84 Å². The Balaban J connectivity index is 1.81. The minimum absolute atomic E-state index is 0.0109. The fraction of sp³-hybridized carbons (Fsp3) is 0.462. The lowest BCUT2D eigenvalue weighted by Crippen LogP contribution is -2.44. The second-order valence-electron chi connectivity index (χ2n) is 4.88. The van der Waals surface area contributed by atoms with Gasteiger partial charge in [0.1, 0.15) is 5.75 Å². The number of nitrogen functional groups attached to an aromatic ring is 1. The quantitative estimate of drug-likeness (QED) is 0.781. The van der Waals surface area contributed by atoms with Crippen LogP contribution in [0.1, 0.15) is 12.8 Å². The van der Waals surface area contributed by atoms with Crippen molar-refractivity contribution in [3.63, 3.8) is 0 Å². The number of sulfone groups is 1. The Kier molecular flexibility index (Phi) is 4.49. The van der Waals surface area contributed by atoms with Gasteiger partial charge >= 0.3 is 0 Å². The second kappa shape index (κ2) is 6.13. The van der Waals surface area contributed by atoms with Crippen LogP contribution in [0.25, 0.3) is 0 Å². The van der Waals surface area contributed by atoms with Crippen LogP contribution in [0.5, 0.6) is 5.75 Å². The van der Waals surface area contributed by atoms with Crippen molar-refractivity contribution in [1.82, 2.24) is 5.32 Å². The summed E-state index contributed by atoms with van der Waals surface area (Å²) in [4.78, 5) is 11.7. The van der Waals surface area contributed by atoms with E-state index in [1.165, 1.54) is 0 Å². The van der Waals surface area contributed by atoms with Gasteiger partial charge in [-0.15, -0.1) is 0 Å². The van der Waals surface area contributed by atoms with Gasteiger partial charge in [-0.1, -0.05) is 6.07 Å². The molecule has 2 rings (SSSR count). The zero-order valence-corrected chi connectivity index (χ0v) is 11.9. The van der Waals surface area contributed by atoms with E-state index in [1.807, 2.05) is 0 Å². The van der Waals surface area contributed by atoms with Crippen LogP contribution in [0.3, 0.4) is 0 Å². The summed E-state index contributed by atoms with van der Waals surface area (Å²) in [5.41, 5.74) is 6.15. The number of carbonyl (C=O) groups excluding carboxylic acids is 1. The Morgan fingerprint density at radius 2 is 2.25 bits per heavy atom. The number of rotatable bonds is 4. The van der Waals surface area contributed by atoms with Gasteiger partial charge in [0.05, 0.1) is 11.5 Å². The lowest BCUT2D eigenvalue weighted by Gasteiger charge is -2.22. The average molecular weight is 298 g/mol. The number of nitrogens with one attached hydrogen (secondary N) is 1. The van der Waals surface area contributed by atoms with Crippen LogP contribution in [0.2, 0.25) is 0 Å². The van der Waals surface area contributed by atoms with Gasteiger partial charge in [0.25, 0.3) is 5.91 Å². The molecule has 0 spiro atoms. The molecule has 20 heavy (non-hydrogen) atoms. The third-order valence-electron chi connectivity index (χ3n) is 3.06. The predicted molar refractivity (Wildman–Crippen MR) is 76.2 cm³/mol. The van der Waals surface area contributed by atoms with Crippen LogP contribution in [0, 0.1) is 0 Å². The molecule has 1 fully saturated rings. The van der Waals surface area contributed by atoms with E-state index in [4.69, 9.17) is 10.5 Å². The van der Waals surface area contributed by atoms with Gasteiger partial charge in [0, 0.05) is 17.8 Å². The Hall–Kier alpha value is -1.76. The molecule has 0 aliphatic carbocycles. The molecule has 7 heteroatoms. The predicted octanol–water partition coefficient (Wildman–Crippen LogP) is 0.341. The number of carbonyl (C=O) groups is 1. The molecule has 110 valence electrons. The minimum atomic E-state index is -3.02. The normalized spacial score (nSPS) is 21.1. The van der Waals surface area contributed by atoms with Gasteiger partial charge in [0.15, 0.2) is 16.4 Å². The molecule has 1 unspecified atom stereocenters. The summed E-state index contributed by atoms with van der Waals surface area (Å²) >= 11 is 0. The fourth-order valence-corrected chi connectivity index (χ4v) is 3.80. The van der Waals surface area contributed by atoms with E-state index in [1.54, 1.807) is 24.3 Å². The Morgan fingerprint density at radius 1 is 1.45 bits per heavy atom. The van der Waals surface area contributed by atoms with Crippen molar-refractivity contribution < 1.29 is 17.9 Å². The molecule has 1 aliphatic rings. The SMILES string of the molecule is Nc1cccc(OCC(=O)NC2CCCS(=O)(=O)C2)c1. The average Bonchev–Trinajstić information content (AvgIpc) is 2.35. The Morgan fingerprint density at radius 3 is 2.95 bits per heavy atom. The number of nitrogens with two attached hydrogens (primary N) is 1. The van der Waals surface area contributed by atoms with Crippen LogP contribution < -0.4 is 15.8 Å². The molecule has 1 aromatic rings. The van der Waals surface area contributed by atoms with E-state index >= 15 is 0 Å². The topological polar surface area (TPSA) is 98.5 Å². The van der Waals surface area contributed by atoms with Crippen molar-refractivity contribution in [2.75, 3.05) is 23.8 Å². The van der Waals surface area contributed by atoms with Crippen LogP contribution in [-0.2, 0) is 14.6 Å². The van der Waals surface area contributed by atoms with E-state index in [0.717, 1.165) is 0 Å². The Labute approximate surface area is 118 Å². The van der Waals surface area contributed by atoms with E-state index in [-0.39, 0.29) is 30.1 Å². The second-order valence-corrected chi connectivity index (χ2v) is 7.11. The monoisotopic (exact) mass is 298 g/mol. The van der Waals surface area contributed by atoms with Crippen molar-refractivity contribution >= 4 is 21.4 Å². The van der Waals surface area contributed by atoms with Gasteiger partial charge in [-0.3, -0.25) is 4.79 Å². The number of anilines is 1. The van der Waals surface area contributed by atoms with Crippen molar-refractivity contribution in [2.45, 2.75) is 18.9 Å². The first-order valence-electron chi connectivity index (χ1n) is 6.43. The number of ether oxygens (including phenoxy) is 1. The van der Waals surface area contributed by atoms with Gasteiger partial charge in [-0.05, 0) is 25.0 Å². The number of hydrogen-bond acceptors (Lipinski definition) is 5. The number of hydrogen-bond donors (Lipinski definition) is 2. The highest BCUT2D eigenvalue weighted by molar-refractivity contribution is 7.91. The first-order chi connectivity index (χ1) is 9.44. The first kappa shape index (κ1) is 14.6. The summed E-state index contributed by atoms with van der Waals surface area (Å²) in [5.74, 6) is 0.404. The largest absolute Gasteiger partial charge is 0.484 e. The summed E-state index contributed by atoms with van der Waals surface area (Å²) in [6.45, 7) is -0.153. The van der Waals surface area contributed by atoms with E-state index in [9.17, 15) is 13.2 Å². The maximum Gasteiger partial charge on any atom is 0.258 e. The highest BCUT2D eigenvalue weighted by Gasteiger charge is 2.25. The standard InChI is InChI=1S/C13H18N2O4S/c14-10-3-1-5-12(7-10)19-8-13(16)15-11-4-2-6-20(17,18)9-11/h1,3,5,7,11H,2,4,6,8-9,14H2,(H,15,16). The lowest BCUT2D eigenvalue weighted by molar-refractivity contribution is -0.123. The molecule has 1 aliphatic heterocycles. The molecule has 1 saturated heterocycles. The number of benzene rings is 1. The van der Waals surface area contributed by atoms with Crippen molar-refractivity contribution in [3.05, 3.63) is 24.3 Å². The maximum absolute atomic E-state index is 11.7. The smallest absolute Gasteiger partial charge is 0.258 e. The molecular weight excluding hydrogens is 280 g/mol. The molecule has 1 heterocycles. The molecule has 3 N–H and O–H groups in total. The van der Waals surface area contributed by atoms with Gasteiger partial charge in [0.2, 0.25) is 0 Å². The summed E-state index contributed by atoms with van der Waals surface area (Å²) in [5, 5.41) is 2.68. The highest BCUT2D eigenvalue weighted by Crippen LogP contribution is 2.14. The molecule has 1 atom stereocenters. The summed E-state index contributed by atoms with van der Waals surface area (Å²) in [6, 6.07) is 6.47. The van der Waals surface area contributed by atoms with Gasteiger partial charge in [-0.25, -0.2) is 8.42 Å². The molecule has 0 saturated carbocycles. The first-order valence-corrected chi connectivity index (χ1v) is 8.25. The lowest BCUT2D eigenvalue weighted by atomic mass is 10.2. The van der Waals surface area contributed by atoms with E-state index in [0.29, 0.717) is 24.3 Å². The van der Waals surface area contributed by atoms with Crippen molar-refractivity contribution in [1.29, 1.82) is 0 Å². The molecule has 1 aromatic carbocycles. The molecule has 0 radical (unpaired) electrons. The Bertz CT molecular complexity index is 586. The maximum atomic E-state index is 11.7. The fourth-order valence-electron chi connectivity index (χ4n) is 2.16. The molecular formula is C13H18N2O4S. The van der Waals surface area contributed by atoms with Crippen LogP contribution in [0.15, 0.2) is 24.3 Å². The number of amides is 1. The summed E-state index contributed by atoms with van der Waals surface area (Å²) < 4.78 is 28.2. The molecule has 0 bridgehead atoms. The summed E-state index contributed by atoms with van der Waals surface area (Å²) in [7, 11) is -3.02. The van der Waals surface area contributed by atoms with Crippen LogP contribution in [0.4, 0.5) is 5.69 Å². The molecule has 1 amide bonds. The van der Waals surface area contributed by atoms with Gasteiger partial charge < -0.3 is 15.8 Å². The molecule has 0 aromatic heterocycles. The molecule has 6 nitrogen and oxygen atoms in total. The minimum Gasteiger partial charge on any atom is -0.484 e. The third kappa shape index (κ3) is 4.41. The zero-order valence-electron chi connectivity index (χ0n) is 11.0. The third-order valence-corrected chi connectivity index (χ3v) is 4.88. The van der Waals surface area contributed by atoms with Crippen molar-refractivity contribution in [2.24, 2.45) is 0 Å². The van der Waals surface area contributed by atoms with E-state index in [2.05, 4.69) is 5.32 Å².